The Morgan fingerprint density at radius 3 is 2.71 bits per heavy atom. The van der Waals surface area contributed by atoms with Crippen LogP contribution in [0.3, 0.4) is 0 Å². The van der Waals surface area contributed by atoms with E-state index in [4.69, 9.17) is 15.6 Å². The number of aliphatic carboxylic acids is 1. The molecule has 5 nitrogen and oxygen atoms in total. The molecule has 1 aromatic heterocycles. The van der Waals surface area contributed by atoms with Crippen molar-refractivity contribution >= 4 is 5.97 Å². The topological polar surface area (TPSA) is 85.4 Å². The van der Waals surface area contributed by atoms with Crippen LogP contribution in [0, 0.1) is 0 Å². The minimum atomic E-state index is -2.85. The van der Waals surface area contributed by atoms with Gasteiger partial charge in [0.2, 0.25) is 5.88 Å². The van der Waals surface area contributed by atoms with Crippen molar-refractivity contribution in [1.82, 2.24) is 4.98 Å². The standard InChI is InChI=1S/C10H12F2N2O3/c1-17-10-8(9(11)12)5(3-7(15)16)2-6(4-13)14-10/h2,9H,3-4,13H2,1H3,(H,15,16). The van der Waals surface area contributed by atoms with Crippen molar-refractivity contribution in [2.75, 3.05) is 7.11 Å². The molecule has 1 heterocycles. The fourth-order valence-electron chi connectivity index (χ4n) is 1.44. The van der Waals surface area contributed by atoms with Crippen LogP contribution in [0.1, 0.15) is 23.2 Å². The van der Waals surface area contributed by atoms with Crippen LogP contribution in [0.15, 0.2) is 6.07 Å². The summed E-state index contributed by atoms with van der Waals surface area (Å²) < 4.78 is 30.4. The number of hydrogen-bond donors (Lipinski definition) is 2. The molecule has 0 aliphatic heterocycles. The quantitative estimate of drug-likeness (QED) is 0.812. The molecule has 7 heteroatoms. The van der Waals surface area contributed by atoms with Gasteiger partial charge in [0.05, 0.1) is 24.8 Å². The number of nitrogens with two attached hydrogens (primary N) is 1. The molecule has 0 unspecified atom stereocenters. The highest BCUT2D eigenvalue weighted by Gasteiger charge is 2.22. The summed E-state index contributed by atoms with van der Waals surface area (Å²) in [5.41, 5.74) is 5.13. The lowest BCUT2D eigenvalue weighted by atomic mass is 10.1. The Hall–Kier alpha value is -1.76. The van der Waals surface area contributed by atoms with E-state index in [0.29, 0.717) is 5.69 Å². The molecule has 0 amide bonds. The van der Waals surface area contributed by atoms with Gasteiger partial charge in [-0.1, -0.05) is 0 Å². The van der Waals surface area contributed by atoms with Crippen molar-refractivity contribution < 1.29 is 23.4 Å². The Bertz CT molecular complexity index is 424. The minimum absolute atomic E-state index is 0.0203. The summed E-state index contributed by atoms with van der Waals surface area (Å²) in [4.78, 5) is 14.4. The van der Waals surface area contributed by atoms with Gasteiger partial charge in [0, 0.05) is 6.54 Å². The summed E-state index contributed by atoms with van der Waals surface area (Å²) in [5.74, 6) is -1.48. The molecule has 0 aliphatic rings. The molecule has 0 bridgehead atoms. The fourth-order valence-corrected chi connectivity index (χ4v) is 1.44. The Kier molecular flexibility index (Phi) is 4.33. The van der Waals surface area contributed by atoms with E-state index in [0.717, 1.165) is 0 Å². The number of carboxylic acids is 1. The molecular weight excluding hydrogens is 234 g/mol. The Morgan fingerprint density at radius 2 is 2.29 bits per heavy atom. The van der Waals surface area contributed by atoms with Crippen molar-refractivity contribution in [3.05, 3.63) is 22.9 Å². The third-order valence-corrected chi connectivity index (χ3v) is 2.12. The van der Waals surface area contributed by atoms with E-state index >= 15 is 0 Å². The van der Waals surface area contributed by atoms with Gasteiger partial charge in [-0.2, -0.15) is 0 Å². The number of ether oxygens (including phenoxy) is 1. The van der Waals surface area contributed by atoms with Crippen LogP contribution in [0.2, 0.25) is 0 Å². The highest BCUT2D eigenvalue weighted by atomic mass is 19.3. The first kappa shape index (κ1) is 13.3. The number of alkyl halides is 2. The van der Waals surface area contributed by atoms with Gasteiger partial charge in [-0.05, 0) is 11.6 Å². The Morgan fingerprint density at radius 1 is 1.65 bits per heavy atom. The van der Waals surface area contributed by atoms with Crippen molar-refractivity contribution in [3.8, 4) is 5.88 Å². The zero-order valence-electron chi connectivity index (χ0n) is 9.11. The van der Waals surface area contributed by atoms with Gasteiger partial charge < -0.3 is 15.6 Å². The SMILES string of the molecule is COc1nc(CN)cc(CC(=O)O)c1C(F)F. The van der Waals surface area contributed by atoms with Crippen LogP contribution >= 0.6 is 0 Å². The number of halogens is 2. The van der Waals surface area contributed by atoms with Crippen LogP contribution in [0.4, 0.5) is 8.78 Å². The Labute approximate surface area is 96.2 Å². The van der Waals surface area contributed by atoms with Crippen molar-refractivity contribution in [2.45, 2.75) is 19.4 Å². The van der Waals surface area contributed by atoms with Gasteiger partial charge in [0.25, 0.3) is 6.43 Å². The maximum absolute atomic E-state index is 12.8. The Balaban J connectivity index is 3.35. The second-order valence-corrected chi connectivity index (χ2v) is 3.27. The van der Waals surface area contributed by atoms with Crippen molar-refractivity contribution in [2.24, 2.45) is 5.73 Å². The number of pyridine rings is 1. The summed E-state index contributed by atoms with van der Waals surface area (Å²) in [6.45, 7) is 0.0203. The lowest BCUT2D eigenvalue weighted by Crippen LogP contribution is -2.10. The number of carbonyl (C=O) groups is 1. The number of methoxy groups -OCH3 is 1. The lowest BCUT2D eigenvalue weighted by molar-refractivity contribution is -0.136. The fraction of sp³-hybridized carbons (Fsp3) is 0.400. The van der Waals surface area contributed by atoms with Gasteiger partial charge in [0.1, 0.15) is 0 Å². The monoisotopic (exact) mass is 246 g/mol. The van der Waals surface area contributed by atoms with Crippen LogP contribution in [-0.2, 0) is 17.8 Å². The zero-order valence-corrected chi connectivity index (χ0v) is 9.11. The summed E-state index contributed by atoms with van der Waals surface area (Å²) in [5, 5.41) is 8.66. The third kappa shape index (κ3) is 3.10. The summed E-state index contributed by atoms with van der Waals surface area (Å²) >= 11 is 0. The molecule has 0 aliphatic carbocycles. The van der Waals surface area contributed by atoms with E-state index in [1.165, 1.54) is 13.2 Å². The average Bonchev–Trinajstić information content (AvgIpc) is 2.26. The molecule has 3 N–H and O–H groups in total. The maximum atomic E-state index is 12.8. The van der Waals surface area contributed by atoms with E-state index in [2.05, 4.69) is 4.98 Å². The molecule has 0 radical (unpaired) electrons. The first-order valence-electron chi connectivity index (χ1n) is 4.76. The molecule has 0 aromatic carbocycles. The van der Waals surface area contributed by atoms with Crippen LogP contribution in [-0.4, -0.2) is 23.2 Å². The van der Waals surface area contributed by atoms with Crippen molar-refractivity contribution in [1.29, 1.82) is 0 Å². The van der Waals surface area contributed by atoms with Gasteiger partial charge in [-0.25, -0.2) is 13.8 Å². The minimum Gasteiger partial charge on any atom is -0.481 e. The highest BCUT2D eigenvalue weighted by molar-refractivity contribution is 5.71. The summed E-state index contributed by atoms with van der Waals surface area (Å²) in [6, 6.07) is 1.26. The largest absolute Gasteiger partial charge is 0.481 e. The number of carboxylic acid groups (broad SMARTS) is 1. The molecule has 1 rings (SSSR count). The van der Waals surface area contributed by atoms with Crippen LogP contribution < -0.4 is 10.5 Å². The number of nitrogens with zero attached hydrogens (tertiary/aromatic N) is 1. The predicted molar refractivity (Wildman–Crippen MR) is 55.0 cm³/mol. The van der Waals surface area contributed by atoms with Crippen LogP contribution in [0.25, 0.3) is 0 Å². The lowest BCUT2D eigenvalue weighted by Gasteiger charge is -2.13. The smallest absolute Gasteiger partial charge is 0.307 e. The normalized spacial score (nSPS) is 10.6. The predicted octanol–water partition coefficient (Wildman–Crippen LogP) is 1.11. The first-order valence-corrected chi connectivity index (χ1v) is 4.76. The van der Waals surface area contributed by atoms with Gasteiger partial charge in [0.15, 0.2) is 0 Å². The number of aromatic nitrogens is 1. The second-order valence-electron chi connectivity index (χ2n) is 3.27. The van der Waals surface area contributed by atoms with Gasteiger partial charge >= 0.3 is 5.97 Å². The third-order valence-electron chi connectivity index (χ3n) is 2.12. The molecular formula is C10H12F2N2O3. The zero-order chi connectivity index (χ0) is 13.0. The van der Waals surface area contributed by atoms with Crippen LogP contribution in [0.5, 0.6) is 5.88 Å². The second kappa shape index (κ2) is 5.53. The molecule has 0 atom stereocenters. The highest BCUT2D eigenvalue weighted by Crippen LogP contribution is 2.31. The van der Waals surface area contributed by atoms with E-state index in [1.54, 1.807) is 0 Å². The summed E-state index contributed by atoms with van der Waals surface area (Å²) in [6.07, 6.45) is -3.37. The molecule has 0 saturated carbocycles. The molecule has 0 spiro atoms. The molecule has 0 saturated heterocycles. The number of rotatable bonds is 5. The molecule has 94 valence electrons. The maximum Gasteiger partial charge on any atom is 0.307 e. The van der Waals surface area contributed by atoms with E-state index in [9.17, 15) is 13.6 Å². The van der Waals surface area contributed by atoms with E-state index in [1.807, 2.05) is 0 Å². The number of hydrogen-bond acceptors (Lipinski definition) is 4. The molecule has 17 heavy (non-hydrogen) atoms. The van der Waals surface area contributed by atoms with Gasteiger partial charge in [-0.3, -0.25) is 4.79 Å². The molecule has 1 aromatic rings. The average molecular weight is 246 g/mol. The van der Waals surface area contributed by atoms with E-state index < -0.39 is 24.4 Å². The summed E-state index contributed by atoms with van der Waals surface area (Å²) in [7, 11) is 1.19. The van der Waals surface area contributed by atoms with Gasteiger partial charge in [-0.15, -0.1) is 0 Å². The van der Waals surface area contributed by atoms with E-state index in [-0.39, 0.29) is 18.0 Å². The molecule has 0 fully saturated rings. The first-order chi connectivity index (χ1) is 7.99. The van der Waals surface area contributed by atoms with Crippen molar-refractivity contribution in [3.63, 3.8) is 0 Å².